The van der Waals surface area contributed by atoms with E-state index in [4.69, 9.17) is 9.84 Å². The van der Waals surface area contributed by atoms with Gasteiger partial charge >= 0.3 is 0 Å². The maximum atomic E-state index is 12.9. The number of thiophene rings is 1. The highest BCUT2D eigenvalue weighted by Crippen LogP contribution is 2.30. The first kappa shape index (κ1) is 26.6. The molecule has 40 heavy (non-hydrogen) atoms. The van der Waals surface area contributed by atoms with Gasteiger partial charge in [0.05, 0.1) is 33.7 Å². The second-order valence-corrected chi connectivity index (χ2v) is 11.0. The number of nitrogens with zero attached hydrogens (tertiary/aromatic N) is 4. The number of methoxy groups -OCH3 is 1. The third-order valence-corrected chi connectivity index (χ3v) is 7.98. The number of nitro groups is 1. The Morgan fingerprint density at radius 3 is 2.50 bits per heavy atom. The first-order chi connectivity index (χ1) is 19.3. The van der Waals surface area contributed by atoms with Crippen molar-refractivity contribution in [3.63, 3.8) is 0 Å². The number of sulfonamides is 1. The monoisotopic (exact) mass is 574 g/mol. The molecule has 0 aliphatic rings. The van der Waals surface area contributed by atoms with Gasteiger partial charge in [0.2, 0.25) is 0 Å². The van der Waals surface area contributed by atoms with Crippen LogP contribution >= 0.6 is 11.3 Å². The van der Waals surface area contributed by atoms with E-state index in [0.717, 1.165) is 16.6 Å². The van der Waals surface area contributed by atoms with Crippen molar-refractivity contribution in [2.75, 3.05) is 17.3 Å². The molecule has 0 unspecified atom stereocenters. The van der Waals surface area contributed by atoms with E-state index in [1.54, 1.807) is 16.8 Å². The molecule has 11 nitrogen and oxygen atoms in total. The van der Waals surface area contributed by atoms with Crippen LogP contribution in [-0.2, 0) is 10.0 Å². The third-order valence-electron chi connectivity index (χ3n) is 5.72. The standard InChI is InChI=1S/C27H22N6O5S2/c1-38-22-11-9-20(10-12-22)31-40(36,37)23-13-14-24(25(16-23)33(34)35)29-28-17-19-18-32(21-6-3-2-4-7-21)30-27(19)26-8-5-15-39-26/h2-18,29,31H,1H3. The molecule has 0 aliphatic carbocycles. The van der Waals surface area contributed by atoms with Gasteiger partial charge in [-0.1, -0.05) is 24.3 Å². The van der Waals surface area contributed by atoms with Crippen molar-refractivity contribution >= 4 is 44.6 Å². The first-order valence-electron chi connectivity index (χ1n) is 11.8. The van der Waals surface area contributed by atoms with Crippen LogP contribution in [0.3, 0.4) is 0 Å². The molecule has 0 saturated heterocycles. The van der Waals surface area contributed by atoms with Gasteiger partial charge in [0, 0.05) is 23.5 Å². The molecule has 0 spiro atoms. The fraction of sp³-hybridized carbons (Fsp3) is 0.0370. The molecule has 0 radical (unpaired) electrons. The van der Waals surface area contributed by atoms with Crippen molar-refractivity contribution < 1.29 is 18.1 Å². The highest BCUT2D eigenvalue weighted by atomic mass is 32.2. The Hall–Kier alpha value is -5.01. The lowest BCUT2D eigenvalue weighted by Crippen LogP contribution is -2.13. The number of ether oxygens (including phenoxy) is 1. The van der Waals surface area contributed by atoms with Crippen LogP contribution in [0.15, 0.2) is 107 Å². The van der Waals surface area contributed by atoms with Crippen molar-refractivity contribution in [2.24, 2.45) is 5.10 Å². The maximum Gasteiger partial charge on any atom is 0.295 e. The van der Waals surface area contributed by atoms with Crippen molar-refractivity contribution in [1.29, 1.82) is 0 Å². The zero-order valence-electron chi connectivity index (χ0n) is 21.0. The number of rotatable bonds is 10. The van der Waals surface area contributed by atoms with Crippen LogP contribution in [-0.4, -0.2) is 36.4 Å². The van der Waals surface area contributed by atoms with Crippen molar-refractivity contribution in [2.45, 2.75) is 4.90 Å². The van der Waals surface area contributed by atoms with E-state index < -0.39 is 20.6 Å². The molecule has 5 rings (SSSR count). The van der Waals surface area contributed by atoms with E-state index in [1.165, 1.54) is 48.9 Å². The Kier molecular flexibility index (Phi) is 7.57. The molecule has 0 bridgehead atoms. The molecule has 3 aromatic carbocycles. The summed E-state index contributed by atoms with van der Waals surface area (Å²) >= 11 is 1.52. The fourth-order valence-corrected chi connectivity index (χ4v) is 5.58. The van der Waals surface area contributed by atoms with Crippen molar-refractivity contribution in [1.82, 2.24) is 9.78 Å². The van der Waals surface area contributed by atoms with Gasteiger partial charge in [-0.05, 0) is 60.0 Å². The summed E-state index contributed by atoms with van der Waals surface area (Å²) in [6.45, 7) is 0. The zero-order chi connectivity index (χ0) is 28.1. The third kappa shape index (κ3) is 5.85. The lowest BCUT2D eigenvalue weighted by atomic mass is 10.2. The van der Waals surface area contributed by atoms with Gasteiger partial charge < -0.3 is 4.74 Å². The van der Waals surface area contributed by atoms with Crippen molar-refractivity contribution in [3.8, 4) is 22.0 Å². The molecule has 0 amide bonds. The minimum atomic E-state index is -4.09. The highest BCUT2D eigenvalue weighted by molar-refractivity contribution is 7.92. The zero-order valence-corrected chi connectivity index (χ0v) is 22.6. The molecular formula is C27H22N6O5S2. The summed E-state index contributed by atoms with van der Waals surface area (Å²) in [5.41, 5.74) is 4.78. The minimum absolute atomic E-state index is 0.0257. The van der Waals surface area contributed by atoms with Crippen LogP contribution in [0.1, 0.15) is 5.56 Å². The highest BCUT2D eigenvalue weighted by Gasteiger charge is 2.22. The molecule has 0 saturated carbocycles. The molecule has 5 aromatic rings. The van der Waals surface area contributed by atoms with Crippen LogP contribution in [0.5, 0.6) is 5.75 Å². The van der Waals surface area contributed by atoms with E-state index in [2.05, 4.69) is 15.2 Å². The molecule has 13 heteroatoms. The Bertz CT molecular complexity index is 1770. The van der Waals surface area contributed by atoms with Gasteiger partial charge in [-0.3, -0.25) is 20.3 Å². The summed E-state index contributed by atoms with van der Waals surface area (Å²) in [5.74, 6) is 0.560. The topological polar surface area (TPSA) is 141 Å². The lowest BCUT2D eigenvalue weighted by Gasteiger charge is -2.10. The average Bonchev–Trinajstić information content (AvgIpc) is 3.64. The number of benzene rings is 3. The van der Waals surface area contributed by atoms with Crippen LogP contribution in [0.4, 0.5) is 17.1 Å². The predicted octanol–water partition coefficient (Wildman–Crippen LogP) is 5.76. The van der Waals surface area contributed by atoms with E-state index in [-0.39, 0.29) is 16.3 Å². The summed E-state index contributed by atoms with van der Waals surface area (Å²) in [6, 6.07) is 23.2. The van der Waals surface area contributed by atoms with Gasteiger partial charge in [0.15, 0.2) is 0 Å². The van der Waals surface area contributed by atoms with Gasteiger partial charge in [-0.15, -0.1) is 11.3 Å². The van der Waals surface area contributed by atoms with Crippen LogP contribution in [0.2, 0.25) is 0 Å². The summed E-state index contributed by atoms with van der Waals surface area (Å²) in [6.07, 6.45) is 3.32. The second-order valence-electron chi connectivity index (χ2n) is 8.33. The van der Waals surface area contributed by atoms with Gasteiger partial charge in [-0.25, -0.2) is 13.1 Å². The van der Waals surface area contributed by atoms with Crippen molar-refractivity contribution in [3.05, 3.63) is 112 Å². The van der Waals surface area contributed by atoms with Crippen LogP contribution in [0.25, 0.3) is 16.3 Å². The quantitative estimate of drug-likeness (QED) is 0.123. The van der Waals surface area contributed by atoms with Crippen LogP contribution in [0, 0.1) is 10.1 Å². The molecule has 202 valence electrons. The molecule has 2 heterocycles. The van der Waals surface area contributed by atoms with E-state index in [0.29, 0.717) is 17.0 Å². The lowest BCUT2D eigenvalue weighted by molar-refractivity contribution is -0.384. The number of aromatic nitrogens is 2. The summed E-state index contributed by atoms with van der Waals surface area (Å²) in [7, 11) is -2.60. The molecule has 2 aromatic heterocycles. The van der Waals surface area contributed by atoms with Gasteiger partial charge in [-0.2, -0.15) is 10.2 Å². The number of hydrogen-bond acceptors (Lipinski definition) is 9. The largest absolute Gasteiger partial charge is 0.497 e. The van der Waals surface area contributed by atoms with E-state index in [1.807, 2.05) is 54.0 Å². The molecular weight excluding hydrogens is 552 g/mol. The normalized spacial score (nSPS) is 11.4. The number of para-hydroxylation sites is 1. The number of nitro benzene ring substituents is 1. The number of anilines is 2. The fourth-order valence-electron chi connectivity index (χ4n) is 3.77. The first-order valence-corrected chi connectivity index (χ1v) is 14.1. The predicted molar refractivity (Wildman–Crippen MR) is 155 cm³/mol. The summed E-state index contributed by atoms with van der Waals surface area (Å²) in [4.78, 5) is 11.8. The van der Waals surface area contributed by atoms with Gasteiger partial charge in [0.1, 0.15) is 17.1 Å². The number of hydrogen-bond donors (Lipinski definition) is 2. The summed E-state index contributed by atoms with van der Waals surface area (Å²) < 4.78 is 35.0. The molecule has 0 fully saturated rings. The Balaban J connectivity index is 1.40. The summed E-state index contributed by atoms with van der Waals surface area (Å²) in [5, 5.41) is 22.6. The Morgan fingerprint density at radius 1 is 1.05 bits per heavy atom. The molecule has 0 aliphatic heterocycles. The Labute approximate surface area is 233 Å². The SMILES string of the molecule is COc1ccc(NS(=O)(=O)c2ccc(NN=Cc3cn(-c4ccccc4)nc3-c3cccs3)c([N+](=O)[O-])c2)cc1. The average molecular weight is 575 g/mol. The maximum absolute atomic E-state index is 12.9. The Morgan fingerprint density at radius 2 is 1.82 bits per heavy atom. The number of hydrazone groups is 1. The van der Waals surface area contributed by atoms with Crippen LogP contribution < -0.4 is 14.9 Å². The smallest absolute Gasteiger partial charge is 0.295 e. The minimum Gasteiger partial charge on any atom is -0.497 e. The number of nitrogens with one attached hydrogen (secondary N) is 2. The molecule has 0 atom stereocenters. The second kappa shape index (κ2) is 11.4. The van der Waals surface area contributed by atoms with E-state index >= 15 is 0 Å². The van der Waals surface area contributed by atoms with E-state index in [9.17, 15) is 18.5 Å². The van der Waals surface area contributed by atoms with Gasteiger partial charge in [0.25, 0.3) is 15.7 Å². The molecule has 2 N–H and O–H groups in total.